The summed E-state index contributed by atoms with van der Waals surface area (Å²) in [5, 5.41) is 0. The highest BCUT2D eigenvalue weighted by Gasteiger charge is 2.30. The molecule has 2 N–H and O–H groups in total. The second-order valence-corrected chi connectivity index (χ2v) is 7.91. The van der Waals surface area contributed by atoms with Crippen LogP contribution in [-0.2, 0) is 17.6 Å². The van der Waals surface area contributed by atoms with E-state index in [1.807, 2.05) is 32.0 Å². The summed E-state index contributed by atoms with van der Waals surface area (Å²) in [6.07, 6.45) is 1.81. The molecule has 3 aromatic rings. The fraction of sp³-hybridized carbons (Fsp3) is 0.348. The number of nitrogens with zero attached hydrogens (tertiary/aromatic N) is 2. The van der Waals surface area contributed by atoms with Gasteiger partial charge in [-0.15, -0.1) is 0 Å². The minimum Gasteiger partial charge on any atom is -0.327 e. The van der Waals surface area contributed by atoms with Gasteiger partial charge in [-0.1, -0.05) is 6.07 Å². The number of fused-ring (bicyclic) bond motifs is 2. The van der Waals surface area contributed by atoms with Crippen molar-refractivity contribution in [3.05, 3.63) is 70.0 Å². The van der Waals surface area contributed by atoms with Crippen LogP contribution < -0.4 is 5.73 Å². The molecule has 1 aromatic heterocycles. The lowest BCUT2D eigenvalue weighted by Crippen LogP contribution is -2.30. The van der Waals surface area contributed by atoms with Gasteiger partial charge in [-0.05, 0) is 67.6 Å². The summed E-state index contributed by atoms with van der Waals surface area (Å²) in [5.41, 5.74) is 12.0. The number of hydrogen-bond acceptors (Lipinski definition) is 4. The van der Waals surface area contributed by atoms with Crippen molar-refractivity contribution in [3.8, 4) is 0 Å². The minimum absolute atomic E-state index is 0.0182. The number of aryl methyl sites for hydroxylation is 3. The normalized spacial score (nSPS) is 16.8. The zero-order valence-electron chi connectivity index (χ0n) is 16.5. The predicted molar refractivity (Wildman–Crippen MR) is 108 cm³/mol. The fourth-order valence-electron chi connectivity index (χ4n) is 4.17. The molecule has 1 aliphatic rings. The van der Waals surface area contributed by atoms with Crippen molar-refractivity contribution in [1.82, 2.24) is 9.97 Å². The second kappa shape index (κ2) is 7.59. The number of carbonyl (C=O) groups excluding carboxylic acids is 1. The van der Waals surface area contributed by atoms with Crippen molar-refractivity contribution in [2.75, 3.05) is 0 Å². The first-order chi connectivity index (χ1) is 13.8. The summed E-state index contributed by atoms with van der Waals surface area (Å²) in [5.74, 6) is -1.81. The Morgan fingerprint density at radius 3 is 2.55 bits per heavy atom. The molecule has 0 saturated heterocycles. The molecule has 0 spiro atoms. The first-order valence-electron chi connectivity index (χ1n) is 9.81. The van der Waals surface area contributed by atoms with Gasteiger partial charge in [0.2, 0.25) is 0 Å². The molecule has 2 atom stereocenters. The summed E-state index contributed by atoms with van der Waals surface area (Å²) >= 11 is 0. The molecule has 0 bridgehead atoms. The molecule has 150 valence electrons. The van der Waals surface area contributed by atoms with Gasteiger partial charge in [0.05, 0.1) is 22.4 Å². The van der Waals surface area contributed by atoms with E-state index >= 15 is 0 Å². The van der Waals surface area contributed by atoms with E-state index in [2.05, 4.69) is 9.97 Å². The summed E-state index contributed by atoms with van der Waals surface area (Å²) in [7, 11) is 0. The van der Waals surface area contributed by atoms with Crippen LogP contribution in [0.5, 0.6) is 0 Å². The molecule has 0 fully saturated rings. The number of hydrogen-bond donors (Lipinski definition) is 1. The van der Waals surface area contributed by atoms with E-state index in [0.29, 0.717) is 12.8 Å². The van der Waals surface area contributed by atoms with Crippen LogP contribution in [0.15, 0.2) is 30.3 Å². The van der Waals surface area contributed by atoms with E-state index in [0.717, 1.165) is 39.1 Å². The van der Waals surface area contributed by atoms with Crippen LogP contribution in [0.4, 0.5) is 8.78 Å². The van der Waals surface area contributed by atoms with Crippen LogP contribution in [0, 0.1) is 25.5 Å². The van der Waals surface area contributed by atoms with Crippen LogP contribution in [-0.4, -0.2) is 21.8 Å². The van der Waals surface area contributed by atoms with E-state index in [9.17, 15) is 13.6 Å². The van der Waals surface area contributed by atoms with E-state index in [1.165, 1.54) is 12.1 Å². The van der Waals surface area contributed by atoms with Gasteiger partial charge >= 0.3 is 0 Å². The van der Waals surface area contributed by atoms with Crippen molar-refractivity contribution >= 4 is 16.8 Å². The van der Waals surface area contributed by atoms with Crippen LogP contribution in [0.3, 0.4) is 0 Å². The molecule has 29 heavy (non-hydrogen) atoms. The van der Waals surface area contributed by atoms with Gasteiger partial charge in [0, 0.05) is 24.8 Å². The van der Waals surface area contributed by atoms with Crippen molar-refractivity contribution < 1.29 is 13.6 Å². The number of aromatic nitrogens is 2. The molecule has 2 aromatic carbocycles. The Kier molecular flexibility index (Phi) is 5.13. The van der Waals surface area contributed by atoms with E-state index in [-0.39, 0.29) is 24.5 Å². The van der Waals surface area contributed by atoms with Crippen LogP contribution >= 0.6 is 0 Å². The summed E-state index contributed by atoms with van der Waals surface area (Å²) in [6.45, 7) is 3.83. The third-order valence-corrected chi connectivity index (χ3v) is 5.83. The maximum atomic E-state index is 13.6. The molecular formula is C23H23F2N3O. The molecule has 0 amide bonds. The van der Waals surface area contributed by atoms with Crippen LogP contribution in [0.1, 0.15) is 46.8 Å². The minimum atomic E-state index is -0.864. The highest BCUT2D eigenvalue weighted by atomic mass is 19.2. The van der Waals surface area contributed by atoms with Gasteiger partial charge in [-0.3, -0.25) is 4.79 Å². The molecule has 0 radical (unpaired) electrons. The average molecular weight is 395 g/mol. The third-order valence-electron chi connectivity index (χ3n) is 5.83. The molecular weight excluding hydrogens is 372 g/mol. The standard InChI is InChI=1S/C23H23F2N3O/c1-12-13(2)28-23-8-14(3-6-22(23)27-12)7-16(29)10-21(26)17-5-4-15-9-19(24)20(25)11-18(15)17/h3,6,8-9,11,17,21H,4-5,7,10,26H2,1-2H3. The lowest BCUT2D eigenvalue weighted by Gasteiger charge is -2.20. The molecule has 1 heterocycles. The van der Waals surface area contributed by atoms with E-state index in [4.69, 9.17) is 5.73 Å². The van der Waals surface area contributed by atoms with Gasteiger partial charge in [-0.25, -0.2) is 18.7 Å². The zero-order valence-corrected chi connectivity index (χ0v) is 16.5. The molecule has 4 rings (SSSR count). The quantitative estimate of drug-likeness (QED) is 0.707. The Balaban J connectivity index is 1.46. The Morgan fingerprint density at radius 1 is 1.10 bits per heavy atom. The van der Waals surface area contributed by atoms with Crippen molar-refractivity contribution in [2.24, 2.45) is 5.73 Å². The summed E-state index contributed by atoms with van der Waals surface area (Å²) in [6, 6.07) is 7.72. The molecule has 0 saturated carbocycles. The summed E-state index contributed by atoms with van der Waals surface area (Å²) < 4.78 is 27.1. The number of benzene rings is 2. The molecule has 6 heteroatoms. The average Bonchev–Trinajstić information content (AvgIpc) is 3.06. The first kappa shape index (κ1) is 19.6. The largest absolute Gasteiger partial charge is 0.327 e. The predicted octanol–water partition coefficient (Wildman–Crippen LogP) is 4.08. The van der Waals surface area contributed by atoms with Crippen molar-refractivity contribution in [3.63, 3.8) is 0 Å². The van der Waals surface area contributed by atoms with Gasteiger partial charge in [0.25, 0.3) is 0 Å². The smallest absolute Gasteiger partial charge is 0.159 e. The maximum absolute atomic E-state index is 13.6. The zero-order chi connectivity index (χ0) is 20.7. The second-order valence-electron chi connectivity index (χ2n) is 7.91. The molecule has 0 aliphatic heterocycles. The van der Waals surface area contributed by atoms with Crippen molar-refractivity contribution in [2.45, 2.75) is 51.5 Å². The first-order valence-corrected chi connectivity index (χ1v) is 9.81. The third kappa shape index (κ3) is 3.90. The number of Topliss-reactive ketones (excluding diaryl/α,β-unsaturated/α-hetero) is 1. The van der Waals surface area contributed by atoms with Gasteiger partial charge in [0.1, 0.15) is 5.78 Å². The molecule has 2 unspecified atom stereocenters. The van der Waals surface area contributed by atoms with E-state index < -0.39 is 17.7 Å². The Hall–Kier alpha value is -2.73. The molecule has 1 aliphatic carbocycles. The monoisotopic (exact) mass is 395 g/mol. The number of nitrogens with two attached hydrogens (primary N) is 1. The Labute approximate surface area is 168 Å². The highest BCUT2D eigenvalue weighted by Crippen LogP contribution is 2.37. The van der Waals surface area contributed by atoms with E-state index in [1.54, 1.807) is 0 Å². The van der Waals surface area contributed by atoms with Gasteiger partial charge in [-0.2, -0.15) is 0 Å². The lowest BCUT2D eigenvalue weighted by molar-refractivity contribution is -0.118. The number of rotatable bonds is 5. The fourth-order valence-corrected chi connectivity index (χ4v) is 4.17. The van der Waals surface area contributed by atoms with Gasteiger partial charge < -0.3 is 5.73 Å². The number of ketones is 1. The lowest BCUT2D eigenvalue weighted by atomic mass is 9.89. The number of halogens is 2. The Bertz CT molecular complexity index is 1110. The molecule has 4 nitrogen and oxygen atoms in total. The van der Waals surface area contributed by atoms with Crippen LogP contribution in [0.2, 0.25) is 0 Å². The van der Waals surface area contributed by atoms with Gasteiger partial charge in [0.15, 0.2) is 11.6 Å². The summed E-state index contributed by atoms with van der Waals surface area (Å²) in [4.78, 5) is 21.7. The maximum Gasteiger partial charge on any atom is 0.159 e. The number of carbonyl (C=O) groups is 1. The van der Waals surface area contributed by atoms with Crippen LogP contribution in [0.25, 0.3) is 11.0 Å². The highest BCUT2D eigenvalue weighted by molar-refractivity contribution is 5.83. The SMILES string of the molecule is Cc1nc2ccc(CC(=O)CC(N)C3CCc4cc(F)c(F)cc43)cc2nc1C. The topological polar surface area (TPSA) is 68.9 Å². The van der Waals surface area contributed by atoms with Crippen molar-refractivity contribution in [1.29, 1.82) is 0 Å². The Morgan fingerprint density at radius 2 is 1.79 bits per heavy atom.